The highest BCUT2D eigenvalue weighted by Crippen LogP contribution is 2.20. The van der Waals surface area contributed by atoms with Crippen LogP contribution in [0, 0.1) is 0 Å². The fourth-order valence-electron chi connectivity index (χ4n) is 2.98. The van der Waals surface area contributed by atoms with E-state index in [9.17, 15) is 4.79 Å². The number of benzene rings is 2. The number of carbonyl (C=O) groups excluding carboxylic acids is 1. The van der Waals surface area contributed by atoms with Crippen LogP contribution in [0.3, 0.4) is 0 Å². The fourth-order valence-corrected chi connectivity index (χ4v) is 2.98. The number of rotatable bonds is 6. The lowest BCUT2D eigenvalue weighted by Crippen LogP contribution is -2.36. The van der Waals surface area contributed by atoms with Crippen molar-refractivity contribution in [1.82, 2.24) is 0 Å². The number of amides is 1. The second kappa shape index (κ2) is 8.72. The summed E-state index contributed by atoms with van der Waals surface area (Å²) >= 11 is 0. The molecule has 1 aliphatic rings. The molecule has 3 rings (SSSR count). The number of aryl methyl sites for hydroxylation is 1. The van der Waals surface area contributed by atoms with Gasteiger partial charge < -0.3 is 20.3 Å². The van der Waals surface area contributed by atoms with Crippen LogP contribution in [0.2, 0.25) is 0 Å². The predicted molar refractivity (Wildman–Crippen MR) is 107 cm³/mol. The van der Waals surface area contributed by atoms with Crippen molar-refractivity contribution in [1.29, 1.82) is 0 Å². The standard InChI is InChI=1S/C21H27N3O2/c1-3-17-4-6-19(7-5-17)23-21(25)16(2)22-18-8-10-20(11-9-18)24-12-14-26-15-13-24/h4-11,16,22H,3,12-15H2,1-2H3,(H,23,25). The van der Waals surface area contributed by atoms with E-state index in [0.29, 0.717) is 0 Å². The van der Waals surface area contributed by atoms with Crippen molar-refractivity contribution in [3.05, 3.63) is 54.1 Å². The zero-order valence-corrected chi connectivity index (χ0v) is 15.5. The molecular formula is C21H27N3O2. The summed E-state index contributed by atoms with van der Waals surface area (Å²) in [4.78, 5) is 14.7. The van der Waals surface area contributed by atoms with Crippen LogP contribution in [0.4, 0.5) is 17.1 Å². The summed E-state index contributed by atoms with van der Waals surface area (Å²) in [6, 6.07) is 15.9. The van der Waals surface area contributed by atoms with Crippen molar-refractivity contribution < 1.29 is 9.53 Å². The first-order chi connectivity index (χ1) is 12.7. The molecule has 0 saturated carbocycles. The monoisotopic (exact) mass is 353 g/mol. The highest BCUT2D eigenvalue weighted by atomic mass is 16.5. The number of hydrogen-bond donors (Lipinski definition) is 2. The Kier molecular flexibility index (Phi) is 6.12. The third-order valence-corrected chi connectivity index (χ3v) is 4.65. The molecule has 5 heteroatoms. The minimum absolute atomic E-state index is 0.0495. The van der Waals surface area contributed by atoms with Crippen LogP contribution in [0.5, 0.6) is 0 Å². The van der Waals surface area contributed by atoms with Crippen molar-refractivity contribution >= 4 is 23.0 Å². The first kappa shape index (κ1) is 18.3. The number of ether oxygens (including phenoxy) is 1. The summed E-state index contributed by atoms with van der Waals surface area (Å²) in [5, 5.41) is 6.21. The molecule has 1 amide bonds. The van der Waals surface area contributed by atoms with Gasteiger partial charge in [-0.1, -0.05) is 19.1 Å². The van der Waals surface area contributed by atoms with E-state index in [1.807, 2.05) is 43.3 Å². The molecule has 1 heterocycles. The molecule has 2 aromatic rings. The summed E-state index contributed by atoms with van der Waals surface area (Å²) in [7, 11) is 0. The Morgan fingerprint density at radius 2 is 1.65 bits per heavy atom. The van der Waals surface area contributed by atoms with Crippen LogP contribution >= 0.6 is 0 Å². The second-order valence-electron chi connectivity index (χ2n) is 6.55. The molecule has 2 N–H and O–H groups in total. The van der Waals surface area contributed by atoms with E-state index in [0.717, 1.165) is 44.1 Å². The van der Waals surface area contributed by atoms with Crippen molar-refractivity contribution in [2.24, 2.45) is 0 Å². The number of carbonyl (C=O) groups is 1. The number of anilines is 3. The third kappa shape index (κ3) is 4.76. The number of morpholine rings is 1. The maximum atomic E-state index is 12.4. The van der Waals surface area contributed by atoms with Crippen molar-refractivity contribution in [3.8, 4) is 0 Å². The van der Waals surface area contributed by atoms with Gasteiger partial charge in [-0.05, 0) is 55.3 Å². The van der Waals surface area contributed by atoms with Gasteiger partial charge >= 0.3 is 0 Å². The molecule has 0 spiro atoms. The van der Waals surface area contributed by atoms with Gasteiger partial charge in [0.25, 0.3) is 0 Å². The minimum Gasteiger partial charge on any atom is -0.378 e. The fraction of sp³-hybridized carbons (Fsp3) is 0.381. The van der Waals surface area contributed by atoms with Crippen LogP contribution in [0.15, 0.2) is 48.5 Å². The van der Waals surface area contributed by atoms with Crippen LogP contribution in [0.25, 0.3) is 0 Å². The van der Waals surface area contributed by atoms with Gasteiger partial charge in [0.1, 0.15) is 6.04 Å². The first-order valence-electron chi connectivity index (χ1n) is 9.25. The van der Waals surface area contributed by atoms with E-state index in [1.165, 1.54) is 11.3 Å². The highest BCUT2D eigenvalue weighted by Gasteiger charge is 2.14. The van der Waals surface area contributed by atoms with Gasteiger partial charge in [0.05, 0.1) is 13.2 Å². The molecule has 1 fully saturated rings. The average Bonchev–Trinajstić information content (AvgIpc) is 2.70. The SMILES string of the molecule is CCc1ccc(NC(=O)C(C)Nc2ccc(N3CCOCC3)cc2)cc1. The lowest BCUT2D eigenvalue weighted by atomic mass is 10.1. The highest BCUT2D eigenvalue weighted by molar-refractivity contribution is 5.96. The van der Waals surface area contributed by atoms with E-state index in [-0.39, 0.29) is 11.9 Å². The molecule has 0 bridgehead atoms. The molecule has 138 valence electrons. The topological polar surface area (TPSA) is 53.6 Å². The molecule has 1 unspecified atom stereocenters. The van der Waals surface area contributed by atoms with Gasteiger partial charge in [-0.25, -0.2) is 0 Å². The van der Waals surface area contributed by atoms with Gasteiger partial charge in [0.2, 0.25) is 5.91 Å². The Balaban J connectivity index is 1.54. The van der Waals surface area contributed by atoms with Gasteiger partial charge in [-0.3, -0.25) is 4.79 Å². The molecule has 1 atom stereocenters. The molecule has 2 aromatic carbocycles. The molecule has 0 aromatic heterocycles. The van der Waals surface area contributed by atoms with Crippen LogP contribution in [-0.2, 0) is 16.0 Å². The molecule has 1 aliphatic heterocycles. The van der Waals surface area contributed by atoms with Crippen LogP contribution in [0.1, 0.15) is 19.4 Å². The van der Waals surface area contributed by atoms with E-state index in [1.54, 1.807) is 0 Å². The van der Waals surface area contributed by atoms with Crippen molar-refractivity contribution in [2.75, 3.05) is 41.8 Å². The molecule has 1 saturated heterocycles. The molecule has 0 aliphatic carbocycles. The summed E-state index contributed by atoms with van der Waals surface area (Å²) in [5.74, 6) is -0.0495. The second-order valence-corrected chi connectivity index (χ2v) is 6.55. The van der Waals surface area contributed by atoms with Crippen LogP contribution in [-0.4, -0.2) is 38.3 Å². The van der Waals surface area contributed by atoms with Gasteiger partial charge in [0, 0.05) is 30.2 Å². The molecular weight excluding hydrogens is 326 g/mol. The van der Waals surface area contributed by atoms with Gasteiger partial charge in [0.15, 0.2) is 0 Å². The Morgan fingerprint density at radius 1 is 1.04 bits per heavy atom. The number of nitrogens with zero attached hydrogens (tertiary/aromatic N) is 1. The minimum atomic E-state index is -0.324. The third-order valence-electron chi connectivity index (χ3n) is 4.65. The smallest absolute Gasteiger partial charge is 0.246 e. The van der Waals surface area contributed by atoms with Crippen molar-refractivity contribution in [3.63, 3.8) is 0 Å². The first-order valence-corrected chi connectivity index (χ1v) is 9.25. The molecule has 5 nitrogen and oxygen atoms in total. The predicted octanol–water partition coefficient (Wildman–Crippen LogP) is 3.52. The molecule has 26 heavy (non-hydrogen) atoms. The Hall–Kier alpha value is -2.53. The quantitative estimate of drug-likeness (QED) is 0.834. The molecule has 0 radical (unpaired) electrons. The zero-order valence-electron chi connectivity index (χ0n) is 15.5. The lowest BCUT2D eigenvalue weighted by Gasteiger charge is -2.29. The summed E-state index contributed by atoms with van der Waals surface area (Å²) in [5.41, 5.74) is 4.20. The maximum absolute atomic E-state index is 12.4. The summed E-state index contributed by atoms with van der Waals surface area (Å²) < 4.78 is 5.39. The Morgan fingerprint density at radius 3 is 2.27 bits per heavy atom. The zero-order chi connectivity index (χ0) is 18.4. The normalized spacial score (nSPS) is 15.4. The largest absolute Gasteiger partial charge is 0.378 e. The van der Waals surface area contributed by atoms with E-state index in [2.05, 4.69) is 34.6 Å². The summed E-state index contributed by atoms with van der Waals surface area (Å²) in [6.45, 7) is 7.37. The Labute approximate surface area is 155 Å². The number of hydrogen-bond acceptors (Lipinski definition) is 4. The lowest BCUT2D eigenvalue weighted by molar-refractivity contribution is -0.116. The Bertz CT molecular complexity index is 707. The van der Waals surface area contributed by atoms with Crippen molar-refractivity contribution in [2.45, 2.75) is 26.3 Å². The van der Waals surface area contributed by atoms with E-state index < -0.39 is 0 Å². The van der Waals surface area contributed by atoms with Gasteiger partial charge in [-0.15, -0.1) is 0 Å². The average molecular weight is 353 g/mol. The maximum Gasteiger partial charge on any atom is 0.246 e. The van der Waals surface area contributed by atoms with Crippen LogP contribution < -0.4 is 15.5 Å². The summed E-state index contributed by atoms with van der Waals surface area (Å²) in [6.07, 6.45) is 0.993. The van der Waals surface area contributed by atoms with E-state index >= 15 is 0 Å². The van der Waals surface area contributed by atoms with Gasteiger partial charge in [-0.2, -0.15) is 0 Å². The number of nitrogens with one attached hydrogen (secondary N) is 2. The van der Waals surface area contributed by atoms with E-state index in [4.69, 9.17) is 4.74 Å².